The van der Waals surface area contributed by atoms with Crippen LogP contribution in [0.3, 0.4) is 0 Å². The quantitative estimate of drug-likeness (QED) is 0.572. The van der Waals surface area contributed by atoms with E-state index in [0.717, 1.165) is 16.9 Å². The molecule has 1 aliphatic rings. The van der Waals surface area contributed by atoms with Crippen molar-refractivity contribution in [2.75, 3.05) is 32.8 Å². The van der Waals surface area contributed by atoms with Crippen LogP contribution in [0.1, 0.15) is 23.5 Å². The van der Waals surface area contributed by atoms with E-state index < -0.39 is 0 Å². The molecule has 3 aromatic carbocycles. The molecule has 5 nitrogen and oxygen atoms in total. The van der Waals surface area contributed by atoms with Gasteiger partial charge in [0.1, 0.15) is 5.75 Å². The third-order valence-electron chi connectivity index (χ3n) is 5.78. The number of nitrogens with zero attached hydrogens (tertiary/aromatic N) is 2. The lowest BCUT2D eigenvalue weighted by atomic mass is 9.90. The Labute approximate surface area is 189 Å². The van der Waals surface area contributed by atoms with Crippen LogP contribution in [0.2, 0.25) is 0 Å². The molecule has 3 aromatic rings. The third kappa shape index (κ3) is 5.35. The Balaban J connectivity index is 1.34. The second-order valence-corrected chi connectivity index (χ2v) is 7.87. The van der Waals surface area contributed by atoms with Gasteiger partial charge in [0.2, 0.25) is 11.8 Å². The number of piperazine rings is 1. The zero-order chi connectivity index (χ0) is 22.2. The van der Waals surface area contributed by atoms with Crippen LogP contribution >= 0.6 is 0 Å². The summed E-state index contributed by atoms with van der Waals surface area (Å²) in [6.07, 6.45) is 0.333. The van der Waals surface area contributed by atoms with E-state index in [1.54, 1.807) is 0 Å². The number of benzene rings is 3. The summed E-state index contributed by atoms with van der Waals surface area (Å²) >= 11 is 0. The highest BCUT2D eigenvalue weighted by Crippen LogP contribution is 2.27. The zero-order valence-corrected chi connectivity index (χ0v) is 18.1. The van der Waals surface area contributed by atoms with Crippen LogP contribution in [0.25, 0.3) is 0 Å². The molecule has 1 saturated heterocycles. The van der Waals surface area contributed by atoms with Crippen LogP contribution in [0, 0.1) is 0 Å². The molecular formula is C27H28N2O3. The molecule has 1 aliphatic heterocycles. The summed E-state index contributed by atoms with van der Waals surface area (Å²) in [5, 5.41) is 0. The fraction of sp³-hybridized carbons (Fsp3) is 0.259. The maximum atomic E-state index is 13.5. The van der Waals surface area contributed by atoms with Crippen LogP contribution in [0.4, 0.5) is 0 Å². The highest BCUT2D eigenvalue weighted by molar-refractivity contribution is 5.87. The monoisotopic (exact) mass is 428 g/mol. The van der Waals surface area contributed by atoms with Gasteiger partial charge in [0.15, 0.2) is 0 Å². The second-order valence-electron chi connectivity index (χ2n) is 7.87. The first-order valence-corrected chi connectivity index (χ1v) is 11.1. The summed E-state index contributed by atoms with van der Waals surface area (Å²) < 4.78 is 5.64. The van der Waals surface area contributed by atoms with Gasteiger partial charge in [-0.05, 0) is 23.3 Å². The molecule has 0 aliphatic carbocycles. The SMILES string of the molecule is O=C(CCOc1ccccc1)N1CCN(C(=O)C(c2ccccc2)c2ccccc2)CC1. The summed E-state index contributed by atoms with van der Waals surface area (Å²) in [5.74, 6) is 0.583. The first-order chi connectivity index (χ1) is 15.7. The number of carbonyl (C=O) groups is 2. The van der Waals surface area contributed by atoms with Gasteiger partial charge in [-0.1, -0.05) is 78.9 Å². The van der Waals surface area contributed by atoms with Crippen molar-refractivity contribution in [2.45, 2.75) is 12.3 Å². The smallest absolute Gasteiger partial charge is 0.234 e. The number of para-hydroxylation sites is 1. The second kappa shape index (κ2) is 10.6. The molecule has 0 unspecified atom stereocenters. The Bertz CT molecular complexity index is 961. The molecule has 1 heterocycles. The number of carbonyl (C=O) groups excluding carboxylic acids is 2. The van der Waals surface area contributed by atoms with E-state index in [0.29, 0.717) is 39.2 Å². The average molecular weight is 429 g/mol. The van der Waals surface area contributed by atoms with Gasteiger partial charge >= 0.3 is 0 Å². The van der Waals surface area contributed by atoms with Crippen molar-refractivity contribution in [1.29, 1.82) is 0 Å². The predicted molar refractivity (Wildman–Crippen MR) is 124 cm³/mol. The van der Waals surface area contributed by atoms with Crippen LogP contribution < -0.4 is 4.74 Å². The zero-order valence-electron chi connectivity index (χ0n) is 18.1. The van der Waals surface area contributed by atoms with Crippen molar-refractivity contribution in [2.24, 2.45) is 0 Å². The number of amides is 2. The Hall–Kier alpha value is -3.60. The largest absolute Gasteiger partial charge is 0.493 e. The maximum Gasteiger partial charge on any atom is 0.234 e. The third-order valence-corrected chi connectivity index (χ3v) is 5.78. The first-order valence-electron chi connectivity index (χ1n) is 11.1. The standard InChI is InChI=1S/C27H28N2O3/c30-25(16-21-32-24-14-8-3-9-15-24)28-17-19-29(20-18-28)27(31)26(22-10-4-1-5-11-22)23-12-6-2-7-13-23/h1-15,26H,16-21H2. The molecule has 4 rings (SSSR count). The fourth-order valence-corrected chi connectivity index (χ4v) is 4.06. The van der Waals surface area contributed by atoms with Gasteiger partial charge in [0.25, 0.3) is 0 Å². The lowest BCUT2D eigenvalue weighted by Crippen LogP contribution is -2.51. The summed E-state index contributed by atoms with van der Waals surface area (Å²) in [7, 11) is 0. The molecule has 0 saturated carbocycles. The van der Waals surface area contributed by atoms with Gasteiger partial charge in [-0.3, -0.25) is 9.59 Å². The molecule has 0 aromatic heterocycles. The van der Waals surface area contributed by atoms with E-state index in [2.05, 4.69) is 0 Å². The van der Waals surface area contributed by atoms with Gasteiger partial charge in [-0.2, -0.15) is 0 Å². The van der Waals surface area contributed by atoms with Gasteiger partial charge in [-0.25, -0.2) is 0 Å². The Kier molecular flexibility index (Phi) is 7.18. The highest BCUT2D eigenvalue weighted by atomic mass is 16.5. The molecule has 164 valence electrons. The fourth-order valence-electron chi connectivity index (χ4n) is 4.06. The van der Waals surface area contributed by atoms with Crippen molar-refractivity contribution in [3.8, 4) is 5.75 Å². The summed E-state index contributed by atoms with van der Waals surface area (Å²) in [4.78, 5) is 29.8. The van der Waals surface area contributed by atoms with Crippen LogP contribution in [-0.4, -0.2) is 54.4 Å². The predicted octanol–water partition coefficient (Wildman–Crippen LogP) is 3.96. The van der Waals surface area contributed by atoms with E-state index in [1.165, 1.54) is 0 Å². The van der Waals surface area contributed by atoms with E-state index in [-0.39, 0.29) is 17.7 Å². The Morgan fingerprint density at radius 3 is 1.69 bits per heavy atom. The van der Waals surface area contributed by atoms with Crippen molar-refractivity contribution < 1.29 is 14.3 Å². The molecule has 0 radical (unpaired) electrons. The summed E-state index contributed by atoms with van der Waals surface area (Å²) in [5.41, 5.74) is 1.97. The molecule has 0 bridgehead atoms. The number of ether oxygens (including phenoxy) is 1. The lowest BCUT2D eigenvalue weighted by Gasteiger charge is -2.36. The normalized spacial score (nSPS) is 13.8. The lowest BCUT2D eigenvalue weighted by molar-refractivity contribution is -0.140. The maximum absolute atomic E-state index is 13.5. The minimum Gasteiger partial charge on any atom is -0.493 e. The van der Waals surface area contributed by atoms with Crippen LogP contribution in [0.5, 0.6) is 5.75 Å². The van der Waals surface area contributed by atoms with Gasteiger partial charge < -0.3 is 14.5 Å². The molecule has 0 spiro atoms. The van der Waals surface area contributed by atoms with E-state index in [1.807, 2.05) is 101 Å². The molecule has 0 atom stereocenters. The molecule has 5 heteroatoms. The summed E-state index contributed by atoms with van der Waals surface area (Å²) in [6.45, 7) is 2.53. The van der Waals surface area contributed by atoms with E-state index in [9.17, 15) is 9.59 Å². The van der Waals surface area contributed by atoms with Gasteiger partial charge in [0.05, 0.1) is 18.9 Å². The summed E-state index contributed by atoms with van der Waals surface area (Å²) in [6, 6.07) is 29.3. The molecular weight excluding hydrogens is 400 g/mol. The molecule has 1 fully saturated rings. The van der Waals surface area contributed by atoms with Crippen molar-refractivity contribution in [3.63, 3.8) is 0 Å². The van der Waals surface area contributed by atoms with Crippen molar-refractivity contribution in [3.05, 3.63) is 102 Å². The highest BCUT2D eigenvalue weighted by Gasteiger charge is 2.30. The number of hydrogen-bond acceptors (Lipinski definition) is 3. The average Bonchev–Trinajstić information content (AvgIpc) is 2.86. The minimum atomic E-state index is -0.334. The van der Waals surface area contributed by atoms with E-state index in [4.69, 9.17) is 4.74 Å². The van der Waals surface area contributed by atoms with Crippen LogP contribution in [0.15, 0.2) is 91.0 Å². The topological polar surface area (TPSA) is 49.9 Å². The van der Waals surface area contributed by atoms with Crippen molar-refractivity contribution >= 4 is 11.8 Å². The first kappa shape index (κ1) is 21.6. The Morgan fingerprint density at radius 2 is 1.16 bits per heavy atom. The van der Waals surface area contributed by atoms with Crippen molar-refractivity contribution in [1.82, 2.24) is 9.80 Å². The van der Waals surface area contributed by atoms with Gasteiger partial charge in [-0.15, -0.1) is 0 Å². The number of rotatable bonds is 7. The van der Waals surface area contributed by atoms with Crippen LogP contribution in [-0.2, 0) is 9.59 Å². The Morgan fingerprint density at radius 1 is 0.688 bits per heavy atom. The van der Waals surface area contributed by atoms with E-state index >= 15 is 0 Å². The molecule has 2 amide bonds. The van der Waals surface area contributed by atoms with Gasteiger partial charge in [0, 0.05) is 26.2 Å². The number of hydrogen-bond donors (Lipinski definition) is 0. The molecule has 0 N–H and O–H groups in total. The minimum absolute atomic E-state index is 0.0655. The molecule has 32 heavy (non-hydrogen) atoms.